The lowest BCUT2D eigenvalue weighted by molar-refractivity contribution is 0.223. The lowest BCUT2D eigenvalue weighted by Crippen LogP contribution is -2.39. The fourth-order valence-corrected chi connectivity index (χ4v) is 4.07. The minimum absolute atomic E-state index is 0.0609. The molecule has 1 fully saturated rings. The van der Waals surface area contributed by atoms with E-state index in [1.807, 2.05) is 0 Å². The van der Waals surface area contributed by atoms with Crippen molar-refractivity contribution in [2.75, 3.05) is 20.1 Å². The first-order valence-electron chi connectivity index (χ1n) is 7.18. The Hall–Kier alpha value is -0.850. The van der Waals surface area contributed by atoms with Crippen molar-refractivity contribution in [2.24, 2.45) is 11.8 Å². The van der Waals surface area contributed by atoms with E-state index < -0.39 is 10.0 Å². The van der Waals surface area contributed by atoms with Crippen molar-refractivity contribution in [3.8, 4) is 0 Å². The standard InChI is InChI=1S/C14H24N2O3S/c1-11(2)12-6-8-16(9-7-12)20(17,18)14-5-4-13(19-14)10-15-3/h4-5,11-12,15H,6-10H2,1-3H3. The molecule has 0 saturated carbocycles. The van der Waals surface area contributed by atoms with E-state index in [0.717, 1.165) is 12.8 Å². The third kappa shape index (κ3) is 3.24. The summed E-state index contributed by atoms with van der Waals surface area (Å²) < 4.78 is 32.0. The number of nitrogens with one attached hydrogen (secondary N) is 1. The maximum absolute atomic E-state index is 12.5. The highest BCUT2D eigenvalue weighted by molar-refractivity contribution is 7.89. The SMILES string of the molecule is CNCc1ccc(S(=O)(=O)N2CCC(C(C)C)CC2)o1. The van der Waals surface area contributed by atoms with E-state index in [4.69, 9.17) is 4.42 Å². The van der Waals surface area contributed by atoms with E-state index in [9.17, 15) is 8.42 Å². The maximum atomic E-state index is 12.5. The second-order valence-electron chi connectivity index (χ2n) is 5.74. The van der Waals surface area contributed by atoms with Crippen molar-refractivity contribution in [3.63, 3.8) is 0 Å². The van der Waals surface area contributed by atoms with Crippen LogP contribution in [-0.4, -0.2) is 32.9 Å². The molecule has 114 valence electrons. The Morgan fingerprint density at radius 3 is 2.55 bits per heavy atom. The third-order valence-corrected chi connectivity index (χ3v) is 5.80. The van der Waals surface area contributed by atoms with Gasteiger partial charge in [0.2, 0.25) is 5.09 Å². The molecular weight excluding hydrogens is 276 g/mol. The Kier molecular flexibility index (Phi) is 4.88. The van der Waals surface area contributed by atoms with Gasteiger partial charge in [-0.15, -0.1) is 0 Å². The molecule has 1 aliphatic rings. The van der Waals surface area contributed by atoms with Crippen LogP contribution in [-0.2, 0) is 16.6 Å². The molecule has 0 radical (unpaired) electrons. The Bertz CT molecular complexity index is 528. The number of hydrogen-bond donors (Lipinski definition) is 1. The summed E-state index contributed by atoms with van der Waals surface area (Å²) in [6, 6.07) is 3.26. The van der Waals surface area contributed by atoms with Crippen LogP contribution in [0.15, 0.2) is 21.6 Å². The van der Waals surface area contributed by atoms with Crippen molar-refractivity contribution >= 4 is 10.0 Å². The molecule has 0 aromatic carbocycles. The zero-order valence-corrected chi connectivity index (χ0v) is 13.2. The molecule has 5 nitrogen and oxygen atoms in total. The van der Waals surface area contributed by atoms with Crippen molar-refractivity contribution in [2.45, 2.75) is 38.3 Å². The van der Waals surface area contributed by atoms with Crippen LogP contribution in [0, 0.1) is 11.8 Å². The van der Waals surface area contributed by atoms with Gasteiger partial charge in [0.15, 0.2) is 0 Å². The minimum atomic E-state index is -3.47. The number of piperidine rings is 1. The molecule has 6 heteroatoms. The van der Waals surface area contributed by atoms with Crippen LogP contribution in [0.1, 0.15) is 32.4 Å². The van der Waals surface area contributed by atoms with Crippen LogP contribution in [0.25, 0.3) is 0 Å². The van der Waals surface area contributed by atoms with Crippen molar-refractivity contribution in [3.05, 3.63) is 17.9 Å². The van der Waals surface area contributed by atoms with Gasteiger partial charge in [0.1, 0.15) is 5.76 Å². The fraction of sp³-hybridized carbons (Fsp3) is 0.714. The average Bonchev–Trinajstić information content (AvgIpc) is 2.88. The van der Waals surface area contributed by atoms with Gasteiger partial charge in [-0.25, -0.2) is 8.42 Å². The van der Waals surface area contributed by atoms with Gasteiger partial charge in [-0.05, 0) is 43.9 Å². The number of sulfonamides is 1. The number of furan rings is 1. The van der Waals surface area contributed by atoms with E-state index in [-0.39, 0.29) is 5.09 Å². The van der Waals surface area contributed by atoms with E-state index in [1.54, 1.807) is 23.5 Å². The second kappa shape index (κ2) is 6.28. The van der Waals surface area contributed by atoms with Crippen LogP contribution < -0.4 is 5.32 Å². The normalized spacial score (nSPS) is 18.8. The van der Waals surface area contributed by atoms with Crippen LogP contribution in [0.2, 0.25) is 0 Å². The van der Waals surface area contributed by atoms with Gasteiger partial charge < -0.3 is 9.73 Å². The summed E-state index contributed by atoms with van der Waals surface area (Å²) in [6.45, 7) is 6.11. The molecular formula is C14H24N2O3S. The molecule has 1 aliphatic heterocycles. The van der Waals surface area contributed by atoms with E-state index in [1.165, 1.54) is 0 Å². The largest absolute Gasteiger partial charge is 0.447 e. The first-order chi connectivity index (χ1) is 9.45. The predicted octanol–water partition coefficient (Wildman–Crippen LogP) is 2.06. The average molecular weight is 300 g/mol. The zero-order chi connectivity index (χ0) is 14.8. The van der Waals surface area contributed by atoms with Crippen LogP contribution in [0.4, 0.5) is 0 Å². The first-order valence-corrected chi connectivity index (χ1v) is 8.62. The summed E-state index contributed by atoms with van der Waals surface area (Å²) in [5, 5.41) is 3.01. The summed E-state index contributed by atoms with van der Waals surface area (Å²) in [6.07, 6.45) is 1.86. The molecule has 0 spiro atoms. The molecule has 2 heterocycles. The summed E-state index contributed by atoms with van der Waals surface area (Å²) in [4.78, 5) is 0. The van der Waals surface area contributed by atoms with E-state index in [0.29, 0.717) is 37.2 Å². The van der Waals surface area contributed by atoms with Gasteiger partial charge in [0, 0.05) is 13.1 Å². The fourth-order valence-electron chi connectivity index (χ4n) is 2.68. The Morgan fingerprint density at radius 2 is 2.00 bits per heavy atom. The minimum Gasteiger partial charge on any atom is -0.447 e. The molecule has 1 N–H and O–H groups in total. The van der Waals surface area contributed by atoms with E-state index >= 15 is 0 Å². The molecule has 20 heavy (non-hydrogen) atoms. The molecule has 0 amide bonds. The molecule has 2 rings (SSSR count). The number of nitrogens with zero attached hydrogens (tertiary/aromatic N) is 1. The van der Waals surface area contributed by atoms with Crippen LogP contribution >= 0.6 is 0 Å². The monoisotopic (exact) mass is 300 g/mol. The van der Waals surface area contributed by atoms with Crippen molar-refractivity contribution in [1.29, 1.82) is 0 Å². The highest BCUT2D eigenvalue weighted by Gasteiger charge is 2.32. The lowest BCUT2D eigenvalue weighted by atomic mass is 9.87. The summed E-state index contributed by atoms with van der Waals surface area (Å²) >= 11 is 0. The molecule has 1 aromatic heterocycles. The van der Waals surface area contributed by atoms with Crippen molar-refractivity contribution in [1.82, 2.24) is 9.62 Å². The molecule has 1 saturated heterocycles. The van der Waals surface area contributed by atoms with Gasteiger partial charge in [-0.2, -0.15) is 4.31 Å². The summed E-state index contributed by atoms with van der Waals surface area (Å²) in [5.41, 5.74) is 0. The lowest BCUT2D eigenvalue weighted by Gasteiger charge is -2.32. The molecule has 0 unspecified atom stereocenters. The maximum Gasteiger partial charge on any atom is 0.276 e. The summed E-state index contributed by atoms with van der Waals surface area (Å²) in [7, 11) is -1.67. The number of hydrogen-bond acceptors (Lipinski definition) is 4. The highest BCUT2D eigenvalue weighted by atomic mass is 32.2. The van der Waals surface area contributed by atoms with Crippen molar-refractivity contribution < 1.29 is 12.8 Å². The Morgan fingerprint density at radius 1 is 1.35 bits per heavy atom. The topological polar surface area (TPSA) is 62.6 Å². The quantitative estimate of drug-likeness (QED) is 0.904. The van der Waals surface area contributed by atoms with Crippen LogP contribution in [0.3, 0.4) is 0 Å². The number of rotatable bonds is 5. The Balaban J connectivity index is 2.07. The molecule has 0 aliphatic carbocycles. The zero-order valence-electron chi connectivity index (χ0n) is 12.4. The van der Waals surface area contributed by atoms with Gasteiger partial charge in [0.25, 0.3) is 10.0 Å². The molecule has 0 atom stereocenters. The van der Waals surface area contributed by atoms with Crippen LogP contribution in [0.5, 0.6) is 0 Å². The molecule has 0 bridgehead atoms. The smallest absolute Gasteiger partial charge is 0.276 e. The van der Waals surface area contributed by atoms with E-state index in [2.05, 4.69) is 19.2 Å². The Labute approximate surface area is 121 Å². The second-order valence-corrected chi connectivity index (χ2v) is 7.61. The van der Waals surface area contributed by atoms with Gasteiger partial charge >= 0.3 is 0 Å². The third-order valence-electron chi connectivity index (χ3n) is 4.02. The molecule has 1 aromatic rings. The highest BCUT2D eigenvalue weighted by Crippen LogP contribution is 2.28. The first kappa shape index (κ1) is 15.5. The summed E-state index contributed by atoms with van der Waals surface area (Å²) in [5.74, 6) is 1.88. The van der Waals surface area contributed by atoms with Gasteiger partial charge in [0.05, 0.1) is 6.54 Å². The van der Waals surface area contributed by atoms with Gasteiger partial charge in [-0.1, -0.05) is 13.8 Å². The predicted molar refractivity (Wildman–Crippen MR) is 77.8 cm³/mol. The van der Waals surface area contributed by atoms with Gasteiger partial charge in [-0.3, -0.25) is 0 Å².